The molecule has 1 aliphatic carbocycles. The molecule has 0 bridgehead atoms. The lowest BCUT2D eigenvalue weighted by Crippen LogP contribution is -2.29. The van der Waals surface area contributed by atoms with E-state index in [1.54, 1.807) is 0 Å². The first-order valence-corrected chi connectivity index (χ1v) is 6.45. The van der Waals surface area contributed by atoms with Crippen molar-refractivity contribution in [2.45, 2.75) is 77.6 Å². The van der Waals surface area contributed by atoms with Crippen molar-refractivity contribution in [3.63, 3.8) is 0 Å². The summed E-state index contributed by atoms with van der Waals surface area (Å²) in [5.41, 5.74) is 0. The van der Waals surface area contributed by atoms with Crippen LogP contribution in [-0.4, -0.2) is 23.4 Å². The fraction of sp³-hybridized carbons (Fsp3) is 1.00. The topological polar surface area (TPSA) is 29.5 Å². The van der Waals surface area contributed by atoms with Crippen LogP contribution in [-0.2, 0) is 4.74 Å². The minimum Gasteiger partial charge on any atom is -0.393 e. The quantitative estimate of drug-likeness (QED) is 0.762. The van der Waals surface area contributed by atoms with E-state index >= 15 is 0 Å². The zero-order valence-corrected chi connectivity index (χ0v) is 10.4. The molecule has 0 aromatic rings. The van der Waals surface area contributed by atoms with Gasteiger partial charge in [-0.05, 0) is 44.9 Å². The van der Waals surface area contributed by atoms with Crippen molar-refractivity contribution in [3.8, 4) is 0 Å². The molecule has 15 heavy (non-hydrogen) atoms. The lowest BCUT2D eigenvalue weighted by molar-refractivity contribution is -0.0562. The van der Waals surface area contributed by atoms with Crippen molar-refractivity contribution in [1.29, 1.82) is 0 Å². The number of ether oxygens (including phenoxy) is 1. The van der Waals surface area contributed by atoms with Crippen LogP contribution in [0.4, 0.5) is 0 Å². The molecule has 1 N–H and O–H groups in total. The van der Waals surface area contributed by atoms with Crippen molar-refractivity contribution < 1.29 is 9.84 Å². The van der Waals surface area contributed by atoms with Crippen LogP contribution in [0.2, 0.25) is 0 Å². The van der Waals surface area contributed by atoms with Gasteiger partial charge in [-0.25, -0.2) is 0 Å². The van der Waals surface area contributed by atoms with E-state index in [1.807, 2.05) is 0 Å². The van der Waals surface area contributed by atoms with E-state index in [9.17, 15) is 5.11 Å². The van der Waals surface area contributed by atoms with Crippen molar-refractivity contribution in [1.82, 2.24) is 0 Å². The van der Waals surface area contributed by atoms with Gasteiger partial charge in [-0.2, -0.15) is 0 Å². The fourth-order valence-electron chi connectivity index (χ4n) is 2.36. The summed E-state index contributed by atoms with van der Waals surface area (Å²) in [6, 6.07) is 0. The summed E-state index contributed by atoms with van der Waals surface area (Å²) in [5, 5.41) is 9.54. The second-order valence-corrected chi connectivity index (χ2v) is 5.14. The van der Waals surface area contributed by atoms with Crippen LogP contribution >= 0.6 is 0 Å². The van der Waals surface area contributed by atoms with Gasteiger partial charge in [0.05, 0.1) is 18.3 Å². The largest absolute Gasteiger partial charge is 0.393 e. The molecule has 0 spiro atoms. The molecule has 0 aromatic heterocycles. The van der Waals surface area contributed by atoms with E-state index in [-0.39, 0.29) is 6.10 Å². The Morgan fingerprint density at radius 2 is 2.07 bits per heavy atom. The second kappa shape index (κ2) is 6.49. The zero-order chi connectivity index (χ0) is 11.3. The Balaban J connectivity index is 2.21. The summed E-state index contributed by atoms with van der Waals surface area (Å²) >= 11 is 0. The SMILES string of the molecule is CCC(C)CC(C)OC1CCCC(O)C1. The lowest BCUT2D eigenvalue weighted by atomic mass is 9.94. The molecule has 0 heterocycles. The summed E-state index contributed by atoms with van der Waals surface area (Å²) in [4.78, 5) is 0. The minimum atomic E-state index is -0.125. The molecule has 0 radical (unpaired) electrons. The van der Waals surface area contributed by atoms with Crippen LogP contribution in [0.25, 0.3) is 0 Å². The number of hydrogen-bond donors (Lipinski definition) is 1. The number of rotatable bonds is 5. The standard InChI is InChI=1S/C13H26O2/c1-4-10(2)8-11(3)15-13-7-5-6-12(14)9-13/h10-14H,4-9H2,1-3H3. The fourth-order valence-corrected chi connectivity index (χ4v) is 2.36. The van der Waals surface area contributed by atoms with Crippen LogP contribution in [0.1, 0.15) is 59.3 Å². The van der Waals surface area contributed by atoms with Gasteiger partial charge in [0.2, 0.25) is 0 Å². The molecule has 0 amide bonds. The van der Waals surface area contributed by atoms with E-state index in [1.165, 1.54) is 6.42 Å². The van der Waals surface area contributed by atoms with Gasteiger partial charge >= 0.3 is 0 Å². The molecule has 90 valence electrons. The predicted molar refractivity (Wildman–Crippen MR) is 62.9 cm³/mol. The maximum absolute atomic E-state index is 9.54. The van der Waals surface area contributed by atoms with Crippen molar-refractivity contribution in [3.05, 3.63) is 0 Å². The molecule has 4 unspecified atom stereocenters. The molecular weight excluding hydrogens is 188 g/mol. The van der Waals surface area contributed by atoms with Crippen molar-refractivity contribution in [2.75, 3.05) is 0 Å². The van der Waals surface area contributed by atoms with Gasteiger partial charge in [0.1, 0.15) is 0 Å². The molecule has 2 heteroatoms. The Morgan fingerprint density at radius 1 is 1.33 bits per heavy atom. The highest BCUT2D eigenvalue weighted by molar-refractivity contribution is 4.73. The lowest BCUT2D eigenvalue weighted by Gasteiger charge is -2.29. The van der Waals surface area contributed by atoms with Gasteiger partial charge in [-0.15, -0.1) is 0 Å². The summed E-state index contributed by atoms with van der Waals surface area (Å²) in [6.07, 6.45) is 6.92. The first-order chi connectivity index (χ1) is 7.11. The maximum Gasteiger partial charge on any atom is 0.0603 e. The van der Waals surface area contributed by atoms with Gasteiger partial charge in [0.15, 0.2) is 0 Å². The normalized spacial score (nSPS) is 31.2. The average Bonchev–Trinajstić information content (AvgIpc) is 2.17. The maximum atomic E-state index is 9.54. The van der Waals surface area contributed by atoms with Crippen LogP contribution < -0.4 is 0 Å². The number of aliphatic hydroxyl groups is 1. The number of aliphatic hydroxyl groups excluding tert-OH is 1. The highest BCUT2D eigenvalue weighted by atomic mass is 16.5. The van der Waals surface area contributed by atoms with E-state index < -0.39 is 0 Å². The molecule has 0 saturated heterocycles. The molecular formula is C13H26O2. The van der Waals surface area contributed by atoms with E-state index in [0.29, 0.717) is 12.2 Å². The monoisotopic (exact) mass is 214 g/mol. The highest BCUT2D eigenvalue weighted by Gasteiger charge is 2.22. The molecule has 2 nitrogen and oxygen atoms in total. The number of hydrogen-bond acceptors (Lipinski definition) is 2. The van der Waals surface area contributed by atoms with E-state index in [0.717, 1.165) is 38.0 Å². The first kappa shape index (κ1) is 13.0. The Kier molecular flexibility index (Phi) is 5.62. The molecule has 1 aliphatic rings. The van der Waals surface area contributed by atoms with Crippen LogP contribution in [0.5, 0.6) is 0 Å². The van der Waals surface area contributed by atoms with Crippen LogP contribution in [0, 0.1) is 5.92 Å². The van der Waals surface area contributed by atoms with Crippen molar-refractivity contribution >= 4 is 0 Å². The smallest absolute Gasteiger partial charge is 0.0603 e. The third-order valence-electron chi connectivity index (χ3n) is 3.45. The Morgan fingerprint density at radius 3 is 2.67 bits per heavy atom. The van der Waals surface area contributed by atoms with E-state index in [4.69, 9.17) is 4.74 Å². The second-order valence-electron chi connectivity index (χ2n) is 5.14. The van der Waals surface area contributed by atoms with E-state index in [2.05, 4.69) is 20.8 Å². The van der Waals surface area contributed by atoms with Crippen LogP contribution in [0.15, 0.2) is 0 Å². The third kappa shape index (κ3) is 4.98. The highest BCUT2D eigenvalue weighted by Crippen LogP contribution is 2.23. The van der Waals surface area contributed by atoms with Gasteiger partial charge in [0.25, 0.3) is 0 Å². The first-order valence-electron chi connectivity index (χ1n) is 6.45. The van der Waals surface area contributed by atoms with Crippen LogP contribution in [0.3, 0.4) is 0 Å². The molecule has 4 atom stereocenters. The summed E-state index contributed by atoms with van der Waals surface area (Å²) < 4.78 is 5.97. The molecule has 0 aromatic carbocycles. The average molecular weight is 214 g/mol. The summed E-state index contributed by atoms with van der Waals surface area (Å²) in [7, 11) is 0. The summed E-state index contributed by atoms with van der Waals surface area (Å²) in [5.74, 6) is 0.744. The third-order valence-corrected chi connectivity index (χ3v) is 3.45. The molecule has 1 rings (SSSR count). The molecule has 1 fully saturated rings. The predicted octanol–water partition coefficient (Wildman–Crippen LogP) is 3.13. The van der Waals surface area contributed by atoms with Gasteiger partial charge < -0.3 is 9.84 Å². The minimum absolute atomic E-state index is 0.125. The Hall–Kier alpha value is -0.0800. The zero-order valence-electron chi connectivity index (χ0n) is 10.4. The van der Waals surface area contributed by atoms with Crippen molar-refractivity contribution in [2.24, 2.45) is 5.92 Å². The van der Waals surface area contributed by atoms with Gasteiger partial charge in [0, 0.05) is 0 Å². The Labute approximate surface area is 94.0 Å². The summed E-state index contributed by atoms with van der Waals surface area (Å²) in [6.45, 7) is 6.66. The molecule has 0 aliphatic heterocycles. The van der Waals surface area contributed by atoms with Gasteiger partial charge in [-0.3, -0.25) is 0 Å². The Bertz CT molecular complexity index is 170. The molecule has 1 saturated carbocycles. The van der Waals surface area contributed by atoms with Gasteiger partial charge in [-0.1, -0.05) is 20.3 Å².